The second-order valence-electron chi connectivity index (χ2n) is 5.41. The summed E-state index contributed by atoms with van der Waals surface area (Å²) in [6, 6.07) is 6.71. The van der Waals surface area contributed by atoms with E-state index in [4.69, 9.17) is 25.8 Å². The number of methoxy groups -OCH3 is 2. The van der Waals surface area contributed by atoms with Gasteiger partial charge in [-0.15, -0.1) is 0 Å². The predicted octanol–water partition coefficient (Wildman–Crippen LogP) is 2.98. The van der Waals surface area contributed by atoms with Crippen LogP contribution in [-0.2, 0) is 10.0 Å². The normalized spacial score (nSPS) is 11.3. The average Bonchev–Trinajstić information content (AvgIpc) is 2.68. The lowest BCUT2D eigenvalue weighted by molar-refractivity contribution is -0.385. The van der Waals surface area contributed by atoms with Crippen molar-refractivity contribution in [3.8, 4) is 17.2 Å². The fraction of sp³-hybridized carbons (Fsp3) is 0.235. The summed E-state index contributed by atoms with van der Waals surface area (Å²) in [4.78, 5) is 12.5. The van der Waals surface area contributed by atoms with Gasteiger partial charge in [-0.25, -0.2) is 0 Å². The summed E-state index contributed by atoms with van der Waals surface area (Å²) in [5.74, 6) is 0.165. The number of nitrogens with zero attached hydrogens (tertiary/aromatic N) is 2. The molecular formula is C17H18ClN3O7S. The van der Waals surface area contributed by atoms with Crippen molar-refractivity contribution in [2.24, 2.45) is 5.10 Å². The van der Waals surface area contributed by atoms with Crippen LogP contribution < -0.4 is 19.0 Å². The highest BCUT2D eigenvalue weighted by Crippen LogP contribution is 2.38. The van der Waals surface area contributed by atoms with E-state index >= 15 is 0 Å². The number of hydrogen-bond donors (Lipinski definition) is 1. The number of sulfonamides is 1. The van der Waals surface area contributed by atoms with E-state index in [0.29, 0.717) is 0 Å². The quantitative estimate of drug-likeness (QED) is 0.358. The molecule has 0 fully saturated rings. The number of nitro groups is 1. The van der Waals surface area contributed by atoms with E-state index < -0.39 is 14.9 Å². The lowest BCUT2D eigenvalue weighted by atomic mass is 10.2. The van der Waals surface area contributed by atoms with Crippen molar-refractivity contribution in [2.45, 2.75) is 11.8 Å². The van der Waals surface area contributed by atoms with Gasteiger partial charge in [-0.3, -0.25) is 10.1 Å². The van der Waals surface area contributed by atoms with Gasteiger partial charge in [0, 0.05) is 16.7 Å². The Hall–Kier alpha value is -3.05. The van der Waals surface area contributed by atoms with E-state index in [1.165, 1.54) is 44.6 Å². The first-order valence-corrected chi connectivity index (χ1v) is 9.97. The van der Waals surface area contributed by atoms with Gasteiger partial charge in [0.2, 0.25) is 5.75 Å². The topological polar surface area (TPSA) is 129 Å². The van der Waals surface area contributed by atoms with E-state index in [1.54, 1.807) is 6.92 Å². The minimum Gasteiger partial charge on any atom is -0.495 e. The van der Waals surface area contributed by atoms with E-state index in [0.717, 1.165) is 6.21 Å². The molecule has 2 aromatic carbocycles. The van der Waals surface area contributed by atoms with Crippen LogP contribution in [0.3, 0.4) is 0 Å². The Morgan fingerprint density at radius 3 is 2.48 bits per heavy atom. The van der Waals surface area contributed by atoms with Crippen LogP contribution in [0.2, 0.25) is 5.02 Å². The van der Waals surface area contributed by atoms with Crippen molar-refractivity contribution in [1.82, 2.24) is 4.83 Å². The van der Waals surface area contributed by atoms with Gasteiger partial charge in [0.25, 0.3) is 10.0 Å². The molecule has 2 rings (SSSR count). The zero-order valence-corrected chi connectivity index (χ0v) is 17.3. The maximum atomic E-state index is 12.5. The van der Waals surface area contributed by atoms with Crippen LogP contribution in [0, 0.1) is 10.1 Å². The second-order valence-corrected chi connectivity index (χ2v) is 7.48. The predicted molar refractivity (Wildman–Crippen MR) is 107 cm³/mol. The number of benzene rings is 2. The summed E-state index contributed by atoms with van der Waals surface area (Å²) in [7, 11) is -1.46. The molecule has 0 atom stereocenters. The van der Waals surface area contributed by atoms with Crippen molar-refractivity contribution < 1.29 is 27.6 Å². The van der Waals surface area contributed by atoms with Crippen LogP contribution in [0.4, 0.5) is 5.69 Å². The molecule has 0 unspecified atom stereocenters. The van der Waals surface area contributed by atoms with Gasteiger partial charge < -0.3 is 14.2 Å². The smallest absolute Gasteiger partial charge is 0.315 e. The molecule has 0 radical (unpaired) electrons. The molecule has 0 aliphatic rings. The van der Waals surface area contributed by atoms with Gasteiger partial charge in [-0.05, 0) is 31.2 Å². The lowest BCUT2D eigenvalue weighted by Crippen LogP contribution is -2.19. The molecule has 12 heteroatoms. The first-order chi connectivity index (χ1) is 13.7. The Morgan fingerprint density at radius 2 is 1.90 bits per heavy atom. The summed E-state index contributed by atoms with van der Waals surface area (Å²) in [5, 5.41) is 15.2. The molecule has 0 aliphatic heterocycles. The lowest BCUT2D eigenvalue weighted by Gasteiger charge is -2.11. The van der Waals surface area contributed by atoms with E-state index in [2.05, 4.69) is 5.10 Å². The van der Waals surface area contributed by atoms with E-state index in [9.17, 15) is 18.5 Å². The highest BCUT2D eigenvalue weighted by molar-refractivity contribution is 7.89. The first-order valence-electron chi connectivity index (χ1n) is 8.11. The summed E-state index contributed by atoms with van der Waals surface area (Å²) in [6.07, 6.45) is 1.10. The summed E-state index contributed by atoms with van der Waals surface area (Å²) in [6.45, 7) is 1.88. The molecule has 2 aromatic rings. The van der Waals surface area contributed by atoms with Gasteiger partial charge in [-0.1, -0.05) is 11.6 Å². The average molecular weight is 444 g/mol. The van der Waals surface area contributed by atoms with Gasteiger partial charge in [0.05, 0.1) is 32.0 Å². The number of ether oxygens (including phenoxy) is 3. The Morgan fingerprint density at radius 1 is 1.21 bits per heavy atom. The number of rotatable bonds is 9. The zero-order valence-electron chi connectivity index (χ0n) is 15.7. The first kappa shape index (κ1) is 22.2. The highest BCUT2D eigenvalue weighted by Gasteiger charge is 2.22. The van der Waals surface area contributed by atoms with Crippen LogP contribution in [0.5, 0.6) is 17.2 Å². The van der Waals surface area contributed by atoms with Crippen LogP contribution >= 0.6 is 11.6 Å². The van der Waals surface area contributed by atoms with Gasteiger partial charge in [-0.2, -0.15) is 18.4 Å². The van der Waals surface area contributed by atoms with Gasteiger partial charge >= 0.3 is 5.69 Å². The number of nitro benzene ring substituents is 1. The molecular weight excluding hydrogens is 426 g/mol. The van der Waals surface area contributed by atoms with Crippen molar-refractivity contribution in [3.05, 3.63) is 51.0 Å². The summed E-state index contributed by atoms with van der Waals surface area (Å²) >= 11 is 5.85. The van der Waals surface area contributed by atoms with E-state index in [1.807, 2.05) is 4.83 Å². The molecule has 0 saturated carbocycles. The summed E-state index contributed by atoms with van der Waals surface area (Å²) in [5.41, 5.74) is -0.121. The molecule has 29 heavy (non-hydrogen) atoms. The molecule has 0 spiro atoms. The Kier molecular flexibility index (Phi) is 7.23. The minimum absolute atomic E-state index is 0.0265. The largest absolute Gasteiger partial charge is 0.495 e. The molecule has 0 bridgehead atoms. The minimum atomic E-state index is -4.10. The van der Waals surface area contributed by atoms with Gasteiger partial charge in [0.15, 0.2) is 5.75 Å². The third kappa shape index (κ3) is 5.27. The van der Waals surface area contributed by atoms with Crippen LogP contribution in [0.25, 0.3) is 0 Å². The zero-order chi connectivity index (χ0) is 21.6. The van der Waals surface area contributed by atoms with Crippen molar-refractivity contribution >= 4 is 33.5 Å². The van der Waals surface area contributed by atoms with Crippen LogP contribution in [0.15, 0.2) is 40.3 Å². The Bertz CT molecular complexity index is 1040. The molecule has 0 saturated heterocycles. The van der Waals surface area contributed by atoms with E-state index in [-0.39, 0.29) is 45.0 Å². The summed E-state index contributed by atoms with van der Waals surface area (Å²) < 4.78 is 40.4. The number of hydrogen-bond acceptors (Lipinski definition) is 8. The third-order valence-electron chi connectivity index (χ3n) is 3.56. The van der Waals surface area contributed by atoms with Crippen molar-refractivity contribution in [2.75, 3.05) is 20.8 Å². The standard InChI is InChI=1S/C17H18ClN3O7S/c1-4-28-17-13(21(22)23)7-11(8-15(17)27-3)10-19-20-29(24,25)16-9-12(18)5-6-14(16)26-2/h5-10,20H,4H2,1-3H3/b19-10+. The number of halogens is 1. The molecule has 10 nitrogen and oxygen atoms in total. The SMILES string of the molecule is CCOc1c(OC)cc(/C=N/NS(=O)(=O)c2cc(Cl)ccc2OC)cc1[N+](=O)[O-]. The fourth-order valence-corrected chi connectivity index (χ4v) is 3.56. The van der Waals surface area contributed by atoms with Crippen molar-refractivity contribution in [1.29, 1.82) is 0 Å². The van der Waals surface area contributed by atoms with Crippen molar-refractivity contribution in [3.63, 3.8) is 0 Å². The highest BCUT2D eigenvalue weighted by atomic mass is 35.5. The molecule has 1 N–H and O–H groups in total. The number of hydrazone groups is 1. The Labute approximate surface area is 172 Å². The van der Waals surface area contributed by atoms with Gasteiger partial charge in [0.1, 0.15) is 10.6 Å². The molecule has 0 aromatic heterocycles. The Balaban J connectivity index is 2.36. The molecule has 0 heterocycles. The maximum Gasteiger partial charge on any atom is 0.315 e. The monoisotopic (exact) mass is 443 g/mol. The van der Waals surface area contributed by atoms with Crippen LogP contribution in [-0.4, -0.2) is 40.4 Å². The third-order valence-corrected chi connectivity index (χ3v) is 5.04. The molecule has 0 amide bonds. The maximum absolute atomic E-state index is 12.5. The molecule has 0 aliphatic carbocycles. The fourth-order valence-electron chi connectivity index (χ4n) is 2.34. The molecule has 156 valence electrons. The number of nitrogens with one attached hydrogen (secondary N) is 1. The van der Waals surface area contributed by atoms with Crippen LogP contribution in [0.1, 0.15) is 12.5 Å². The second kappa shape index (κ2) is 9.43.